The van der Waals surface area contributed by atoms with Crippen LogP contribution in [0.1, 0.15) is 22.3 Å². The molecule has 0 saturated heterocycles. The summed E-state index contributed by atoms with van der Waals surface area (Å²) in [5.74, 6) is 2.41. The van der Waals surface area contributed by atoms with E-state index in [1.807, 2.05) is 66.7 Å². The molecule has 0 aromatic heterocycles. The molecule has 33 heavy (non-hydrogen) atoms. The van der Waals surface area contributed by atoms with Crippen molar-refractivity contribution in [1.29, 1.82) is 0 Å². The fourth-order valence-electron chi connectivity index (χ4n) is 3.99. The maximum atomic E-state index is 6.87. The summed E-state index contributed by atoms with van der Waals surface area (Å²) < 4.78 is 23.0. The maximum absolute atomic E-state index is 6.87. The van der Waals surface area contributed by atoms with Crippen LogP contribution in [0.4, 0.5) is 0 Å². The molecule has 4 nitrogen and oxygen atoms in total. The molecule has 0 heterocycles. The van der Waals surface area contributed by atoms with Crippen molar-refractivity contribution in [1.82, 2.24) is 0 Å². The monoisotopic (exact) mass is 440 g/mol. The van der Waals surface area contributed by atoms with Gasteiger partial charge in [-0.15, -0.1) is 0 Å². The van der Waals surface area contributed by atoms with E-state index < -0.39 is 5.60 Å². The molecule has 0 amide bonds. The van der Waals surface area contributed by atoms with Crippen molar-refractivity contribution in [2.45, 2.75) is 12.2 Å². The Hall–Kier alpha value is -3.76. The second kappa shape index (κ2) is 10.2. The van der Waals surface area contributed by atoms with E-state index in [4.69, 9.17) is 18.9 Å². The summed E-state index contributed by atoms with van der Waals surface area (Å²) in [4.78, 5) is 0. The molecule has 4 rings (SSSR count). The minimum absolute atomic E-state index is 0.414. The van der Waals surface area contributed by atoms with Gasteiger partial charge in [-0.1, -0.05) is 66.7 Å². The Morgan fingerprint density at radius 2 is 0.879 bits per heavy atom. The first-order valence-electron chi connectivity index (χ1n) is 10.8. The third kappa shape index (κ3) is 4.71. The van der Waals surface area contributed by atoms with E-state index >= 15 is 0 Å². The first-order chi connectivity index (χ1) is 16.2. The highest BCUT2D eigenvalue weighted by Crippen LogP contribution is 2.42. The van der Waals surface area contributed by atoms with Crippen molar-refractivity contribution in [3.05, 3.63) is 125 Å². The van der Waals surface area contributed by atoms with Crippen LogP contribution in [0, 0.1) is 0 Å². The molecule has 0 aliphatic rings. The van der Waals surface area contributed by atoms with Gasteiger partial charge in [0, 0.05) is 0 Å². The number of ether oxygens (including phenoxy) is 4. The van der Waals surface area contributed by atoms with Crippen molar-refractivity contribution in [2.24, 2.45) is 0 Å². The lowest BCUT2D eigenvalue weighted by Crippen LogP contribution is -2.32. The van der Waals surface area contributed by atoms with E-state index in [1.54, 1.807) is 21.3 Å². The van der Waals surface area contributed by atoms with Crippen LogP contribution in [-0.2, 0) is 16.9 Å². The van der Waals surface area contributed by atoms with E-state index in [0.29, 0.717) is 6.61 Å². The highest BCUT2D eigenvalue weighted by atomic mass is 16.5. The molecule has 0 aliphatic heterocycles. The van der Waals surface area contributed by atoms with Gasteiger partial charge in [-0.25, -0.2) is 0 Å². The van der Waals surface area contributed by atoms with Crippen LogP contribution in [0.2, 0.25) is 0 Å². The van der Waals surface area contributed by atoms with Gasteiger partial charge in [0.25, 0.3) is 0 Å². The number of rotatable bonds is 9. The quantitative estimate of drug-likeness (QED) is 0.290. The molecule has 0 fully saturated rings. The van der Waals surface area contributed by atoms with Crippen molar-refractivity contribution >= 4 is 0 Å². The van der Waals surface area contributed by atoms with Crippen LogP contribution in [0.15, 0.2) is 103 Å². The molecule has 4 aromatic rings. The molecule has 0 radical (unpaired) electrons. The Kier molecular flexibility index (Phi) is 6.96. The largest absolute Gasteiger partial charge is 0.497 e. The van der Waals surface area contributed by atoms with Crippen LogP contribution in [-0.4, -0.2) is 21.3 Å². The molecule has 0 spiro atoms. The Bertz CT molecular complexity index is 1090. The zero-order chi connectivity index (χ0) is 23.1. The molecule has 168 valence electrons. The Balaban J connectivity index is 1.85. The molecule has 0 aliphatic carbocycles. The summed E-state index contributed by atoms with van der Waals surface area (Å²) in [6.45, 7) is 0.414. The number of hydrogen-bond acceptors (Lipinski definition) is 4. The zero-order valence-corrected chi connectivity index (χ0v) is 19.2. The molecular weight excluding hydrogens is 412 g/mol. The lowest BCUT2D eigenvalue weighted by molar-refractivity contribution is 0.000181. The van der Waals surface area contributed by atoms with Gasteiger partial charge in [-0.2, -0.15) is 0 Å². The normalized spacial score (nSPS) is 11.1. The zero-order valence-electron chi connectivity index (χ0n) is 19.2. The van der Waals surface area contributed by atoms with Gasteiger partial charge in [-0.05, 0) is 58.7 Å². The van der Waals surface area contributed by atoms with Gasteiger partial charge in [0.1, 0.15) is 22.8 Å². The molecule has 0 saturated carbocycles. The van der Waals surface area contributed by atoms with Crippen molar-refractivity contribution < 1.29 is 18.9 Å². The van der Waals surface area contributed by atoms with E-state index in [1.165, 1.54) is 0 Å². The summed E-state index contributed by atoms with van der Waals surface area (Å²) in [6, 6.07) is 34.3. The second-order valence-corrected chi connectivity index (χ2v) is 7.64. The van der Waals surface area contributed by atoms with E-state index in [2.05, 4.69) is 36.4 Å². The second-order valence-electron chi connectivity index (χ2n) is 7.64. The highest BCUT2D eigenvalue weighted by Gasteiger charge is 2.37. The molecule has 0 atom stereocenters. The lowest BCUT2D eigenvalue weighted by atomic mass is 9.80. The van der Waals surface area contributed by atoms with Crippen molar-refractivity contribution in [2.75, 3.05) is 21.3 Å². The van der Waals surface area contributed by atoms with E-state index in [-0.39, 0.29) is 0 Å². The van der Waals surface area contributed by atoms with Crippen LogP contribution in [0.25, 0.3) is 0 Å². The van der Waals surface area contributed by atoms with E-state index in [0.717, 1.165) is 39.5 Å². The summed E-state index contributed by atoms with van der Waals surface area (Å²) in [6.07, 6.45) is 0. The van der Waals surface area contributed by atoms with Crippen molar-refractivity contribution in [3.8, 4) is 17.2 Å². The fraction of sp³-hybridized carbons (Fsp3) is 0.172. The minimum atomic E-state index is -0.834. The summed E-state index contributed by atoms with van der Waals surface area (Å²) in [7, 11) is 5.01. The fourth-order valence-corrected chi connectivity index (χ4v) is 3.99. The average Bonchev–Trinajstić information content (AvgIpc) is 2.90. The molecule has 0 bridgehead atoms. The van der Waals surface area contributed by atoms with Crippen LogP contribution >= 0.6 is 0 Å². The molecule has 0 unspecified atom stereocenters. The summed E-state index contributed by atoms with van der Waals surface area (Å²) in [5, 5.41) is 0. The highest BCUT2D eigenvalue weighted by molar-refractivity contribution is 5.49. The van der Waals surface area contributed by atoms with Gasteiger partial charge in [0.15, 0.2) is 0 Å². The predicted octanol–water partition coefficient (Wildman–Crippen LogP) is 6.22. The summed E-state index contributed by atoms with van der Waals surface area (Å²) in [5.41, 5.74) is 3.27. The van der Waals surface area contributed by atoms with Crippen LogP contribution < -0.4 is 14.2 Å². The lowest BCUT2D eigenvalue weighted by Gasteiger charge is -2.36. The molecule has 4 heteroatoms. The number of benzene rings is 4. The van der Waals surface area contributed by atoms with Gasteiger partial charge in [0.2, 0.25) is 0 Å². The number of hydrogen-bond donors (Lipinski definition) is 0. The number of methoxy groups -OCH3 is 3. The SMILES string of the molecule is COc1ccc(COC(c2ccccc2)(c2ccc(OC)cc2)c2ccc(OC)cc2)cc1. The maximum Gasteiger partial charge on any atom is 0.144 e. The first kappa shape index (κ1) is 22.4. The molecular formula is C29H28O4. The van der Waals surface area contributed by atoms with E-state index in [9.17, 15) is 0 Å². The first-order valence-corrected chi connectivity index (χ1v) is 10.8. The van der Waals surface area contributed by atoms with Crippen LogP contribution in [0.3, 0.4) is 0 Å². The topological polar surface area (TPSA) is 36.9 Å². The van der Waals surface area contributed by atoms with Gasteiger partial charge in [-0.3, -0.25) is 0 Å². The van der Waals surface area contributed by atoms with Gasteiger partial charge in [0.05, 0.1) is 27.9 Å². The Morgan fingerprint density at radius 3 is 1.30 bits per heavy atom. The van der Waals surface area contributed by atoms with Gasteiger partial charge < -0.3 is 18.9 Å². The standard InChI is InChI=1S/C29H28O4/c1-30-26-15-9-22(10-16-26)21-33-29(23-7-5-4-6-8-23,24-11-17-27(31-2)18-12-24)25-13-19-28(32-3)20-14-25/h4-20H,21H2,1-3H3. The molecule has 4 aromatic carbocycles. The summed E-state index contributed by atoms with van der Waals surface area (Å²) >= 11 is 0. The van der Waals surface area contributed by atoms with Crippen molar-refractivity contribution in [3.63, 3.8) is 0 Å². The molecule has 0 N–H and O–H groups in total. The Morgan fingerprint density at radius 1 is 0.485 bits per heavy atom. The van der Waals surface area contributed by atoms with Gasteiger partial charge >= 0.3 is 0 Å². The minimum Gasteiger partial charge on any atom is -0.497 e. The Labute approximate surface area is 195 Å². The smallest absolute Gasteiger partial charge is 0.144 e. The average molecular weight is 441 g/mol. The predicted molar refractivity (Wildman–Crippen MR) is 130 cm³/mol. The van der Waals surface area contributed by atoms with Crippen LogP contribution in [0.5, 0.6) is 17.2 Å². The third-order valence-electron chi connectivity index (χ3n) is 5.79. The third-order valence-corrected chi connectivity index (χ3v) is 5.79.